The fourth-order valence-corrected chi connectivity index (χ4v) is 1.22. The normalized spacial score (nSPS) is 10.7. The summed E-state index contributed by atoms with van der Waals surface area (Å²) in [6.45, 7) is 2.91. The number of hydrogen-bond acceptors (Lipinski definition) is 2. The molecule has 0 aliphatic rings. The first kappa shape index (κ1) is 11.8. The van der Waals surface area contributed by atoms with Crippen LogP contribution in [0.3, 0.4) is 0 Å². The molecule has 1 aromatic carbocycles. The van der Waals surface area contributed by atoms with Gasteiger partial charge in [0.25, 0.3) is 0 Å². The number of unbranched alkanes of at least 4 members (excludes halogenated alkanes) is 2. The first-order valence-electron chi connectivity index (χ1n) is 5.52. The first-order chi connectivity index (χ1) is 7.43. The predicted octanol–water partition coefficient (Wildman–Crippen LogP) is 3.22. The minimum atomic E-state index is 0.729. The van der Waals surface area contributed by atoms with E-state index in [0.29, 0.717) is 0 Å². The molecule has 1 aromatic rings. The van der Waals surface area contributed by atoms with Crippen LogP contribution in [0.15, 0.2) is 29.4 Å². The lowest BCUT2D eigenvalue weighted by molar-refractivity contribution is 0.141. The highest BCUT2D eigenvalue weighted by atomic mass is 16.6. The highest BCUT2D eigenvalue weighted by Crippen LogP contribution is 1.97. The summed E-state index contributed by atoms with van der Waals surface area (Å²) in [6, 6.07) is 10.9. The Morgan fingerprint density at radius 1 is 1.33 bits per heavy atom. The van der Waals surface area contributed by atoms with E-state index in [1.807, 2.05) is 24.3 Å². The quantitative estimate of drug-likeness (QED) is 0.379. The molecule has 1 rings (SSSR count). The van der Waals surface area contributed by atoms with Gasteiger partial charge in [0, 0.05) is 12.6 Å². The summed E-state index contributed by atoms with van der Waals surface area (Å²) in [6.07, 6.45) is 6.15. The Kier molecular flexibility index (Phi) is 6.30. The van der Waals surface area contributed by atoms with Crippen molar-refractivity contribution in [2.75, 3.05) is 6.61 Å². The zero-order valence-electron chi connectivity index (χ0n) is 9.28. The lowest BCUT2D eigenvalue weighted by atomic mass is 10.2. The van der Waals surface area contributed by atoms with Crippen LogP contribution in [0.5, 0.6) is 0 Å². The fourth-order valence-electron chi connectivity index (χ4n) is 1.22. The SMILES string of the molecule is CCCCCON=CCc1cc[c]cc1. The summed E-state index contributed by atoms with van der Waals surface area (Å²) < 4.78 is 0. The third kappa shape index (κ3) is 5.89. The van der Waals surface area contributed by atoms with Gasteiger partial charge in [0.05, 0.1) is 0 Å². The highest BCUT2D eigenvalue weighted by molar-refractivity contribution is 5.60. The zero-order chi connectivity index (χ0) is 10.8. The van der Waals surface area contributed by atoms with Crippen LogP contribution in [0, 0.1) is 6.07 Å². The molecule has 0 bridgehead atoms. The van der Waals surface area contributed by atoms with Crippen molar-refractivity contribution in [3.05, 3.63) is 35.9 Å². The van der Waals surface area contributed by atoms with Gasteiger partial charge in [0.1, 0.15) is 6.61 Å². The lowest BCUT2D eigenvalue weighted by Gasteiger charge is -1.97. The summed E-state index contributed by atoms with van der Waals surface area (Å²) in [5.74, 6) is 0. The molecule has 0 aliphatic heterocycles. The maximum atomic E-state index is 5.12. The van der Waals surface area contributed by atoms with Crippen LogP contribution in [0.25, 0.3) is 0 Å². The Balaban J connectivity index is 2.07. The molecule has 0 amide bonds. The molecular weight excluding hydrogens is 186 g/mol. The molecular formula is C13H18NO. The molecule has 0 fully saturated rings. The monoisotopic (exact) mass is 204 g/mol. The van der Waals surface area contributed by atoms with Crippen molar-refractivity contribution in [1.29, 1.82) is 0 Å². The van der Waals surface area contributed by atoms with E-state index in [2.05, 4.69) is 18.1 Å². The van der Waals surface area contributed by atoms with Crippen molar-refractivity contribution in [2.45, 2.75) is 32.6 Å². The van der Waals surface area contributed by atoms with Gasteiger partial charge in [0.2, 0.25) is 0 Å². The Morgan fingerprint density at radius 2 is 2.13 bits per heavy atom. The minimum Gasteiger partial charge on any atom is -0.396 e. The molecule has 0 N–H and O–H groups in total. The van der Waals surface area contributed by atoms with Gasteiger partial charge in [-0.05, 0) is 18.1 Å². The van der Waals surface area contributed by atoms with Crippen LogP contribution >= 0.6 is 0 Å². The van der Waals surface area contributed by atoms with Gasteiger partial charge in [-0.25, -0.2) is 0 Å². The van der Waals surface area contributed by atoms with Gasteiger partial charge in [-0.3, -0.25) is 0 Å². The fraction of sp³-hybridized carbons (Fsp3) is 0.462. The average Bonchev–Trinajstić information content (AvgIpc) is 2.29. The molecule has 0 saturated carbocycles. The van der Waals surface area contributed by atoms with Gasteiger partial charge in [-0.1, -0.05) is 49.2 Å². The molecule has 2 nitrogen and oxygen atoms in total. The van der Waals surface area contributed by atoms with E-state index in [1.165, 1.54) is 18.4 Å². The number of oxime groups is 1. The maximum Gasteiger partial charge on any atom is 0.117 e. The molecule has 1 radical (unpaired) electrons. The highest BCUT2D eigenvalue weighted by Gasteiger charge is 1.87. The average molecular weight is 204 g/mol. The Labute approximate surface area is 91.9 Å². The molecule has 15 heavy (non-hydrogen) atoms. The smallest absolute Gasteiger partial charge is 0.117 e. The van der Waals surface area contributed by atoms with Gasteiger partial charge >= 0.3 is 0 Å². The summed E-state index contributed by atoms with van der Waals surface area (Å²) in [5, 5.41) is 3.90. The van der Waals surface area contributed by atoms with E-state index in [-0.39, 0.29) is 0 Å². The number of rotatable bonds is 7. The largest absolute Gasteiger partial charge is 0.396 e. The van der Waals surface area contributed by atoms with Gasteiger partial charge in [-0.15, -0.1) is 0 Å². The molecule has 0 aromatic heterocycles. The zero-order valence-corrected chi connectivity index (χ0v) is 9.28. The van der Waals surface area contributed by atoms with E-state index in [4.69, 9.17) is 4.84 Å². The van der Waals surface area contributed by atoms with Crippen molar-refractivity contribution in [3.8, 4) is 0 Å². The van der Waals surface area contributed by atoms with E-state index >= 15 is 0 Å². The predicted molar refractivity (Wildman–Crippen MR) is 63.0 cm³/mol. The summed E-state index contributed by atoms with van der Waals surface area (Å²) in [7, 11) is 0. The van der Waals surface area contributed by atoms with Crippen LogP contribution in [0.2, 0.25) is 0 Å². The molecule has 81 valence electrons. The summed E-state index contributed by atoms with van der Waals surface area (Å²) in [4.78, 5) is 5.12. The minimum absolute atomic E-state index is 0.729. The Bertz CT molecular complexity index is 269. The lowest BCUT2D eigenvalue weighted by Crippen LogP contribution is -1.90. The van der Waals surface area contributed by atoms with Gasteiger partial charge < -0.3 is 4.84 Å². The van der Waals surface area contributed by atoms with Crippen molar-refractivity contribution >= 4 is 6.21 Å². The number of hydrogen-bond donors (Lipinski definition) is 0. The Morgan fingerprint density at radius 3 is 2.87 bits per heavy atom. The number of nitrogens with zero attached hydrogens (tertiary/aromatic N) is 1. The third-order valence-corrected chi connectivity index (χ3v) is 2.10. The van der Waals surface area contributed by atoms with Crippen molar-refractivity contribution in [3.63, 3.8) is 0 Å². The summed E-state index contributed by atoms with van der Waals surface area (Å²) >= 11 is 0. The second kappa shape index (κ2) is 8.04. The number of benzene rings is 1. The summed E-state index contributed by atoms with van der Waals surface area (Å²) in [5.41, 5.74) is 1.23. The molecule has 0 atom stereocenters. The van der Waals surface area contributed by atoms with Gasteiger partial charge in [-0.2, -0.15) is 0 Å². The topological polar surface area (TPSA) is 21.6 Å². The standard InChI is InChI=1S/C13H18NO/c1-2-3-7-12-15-14-11-10-13-8-5-4-6-9-13/h5-6,8-9,11H,2-3,7,10,12H2,1H3. The van der Waals surface area contributed by atoms with Crippen molar-refractivity contribution in [1.82, 2.24) is 0 Å². The van der Waals surface area contributed by atoms with Crippen LogP contribution in [0.1, 0.15) is 31.7 Å². The second-order valence-corrected chi connectivity index (χ2v) is 3.44. The van der Waals surface area contributed by atoms with Crippen LogP contribution in [-0.2, 0) is 11.3 Å². The molecule has 0 spiro atoms. The molecule has 0 aliphatic carbocycles. The molecule has 0 heterocycles. The molecule has 2 heteroatoms. The van der Waals surface area contributed by atoms with Crippen molar-refractivity contribution in [2.24, 2.45) is 5.16 Å². The van der Waals surface area contributed by atoms with E-state index in [9.17, 15) is 0 Å². The van der Waals surface area contributed by atoms with Gasteiger partial charge in [0.15, 0.2) is 0 Å². The van der Waals surface area contributed by atoms with E-state index < -0.39 is 0 Å². The molecule has 0 saturated heterocycles. The van der Waals surface area contributed by atoms with E-state index in [1.54, 1.807) is 6.21 Å². The maximum absolute atomic E-state index is 5.12. The second-order valence-electron chi connectivity index (χ2n) is 3.44. The van der Waals surface area contributed by atoms with E-state index in [0.717, 1.165) is 19.4 Å². The third-order valence-electron chi connectivity index (χ3n) is 2.10. The first-order valence-corrected chi connectivity index (χ1v) is 5.52. The Hall–Kier alpha value is -1.31. The van der Waals surface area contributed by atoms with Crippen LogP contribution in [-0.4, -0.2) is 12.8 Å². The molecule has 0 unspecified atom stereocenters. The van der Waals surface area contributed by atoms with Crippen LogP contribution < -0.4 is 0 Å². The van der Waals surface area contributed by atoms with Crippen molar-refractivity contribution < 1.29 is 4.84 Å². The van der Waals surface area contributed by atoms with Crippen LogP contribution in [0.4, 0.5) is 0 Å².